The smallest absolute Gasteiger partial charge is 0.123 e. The van der Waals surface area contributed by atoms with Gasteiger partial charge in [-0.05, 0) is 29.8 Å². The van der Waals surface area contributed by atoms with Crippen LogP contribution in [0.1, 0.15) is 39.6 Å². The van der Waals surface area contributed by atoms with Gasteiger partial charge < -0.3 is 9.88 Å². The van der Waals surface area contributed by atoms with Gasteiger partial charge in [0.2, 0.25) is 0 Å². The monoisotopic (exact) mass is 259 g/mol. The van der Waals surface area contributed by atoms with Crippen LogP contribution in [0.2, 0.25) is 0 Å². The maximum Gasteiger partial charge on any atom is 0.123 e. The van der Waals surface area contributed by atoms with Crippen molar-refractivity contribution in [2.75, 3.05) is 0 Å². The van der Waals surface area contributed by atoms with Crippen molar-refractivity contribution in [1.82, 2.24) is 14.9 Å². The second-order valence-corrected chi connectivity index (χ2v) is 4.81. The molecule has 1 aromatic heterocycles. The van der Waals surface area contributed by atoms with Gasteiger partial charge >= 0.3 is 0 Å². The first kappa shape index (κ1) is 11.7. The van der Waals surface area contributed by atoms with Gasteiger partial charge in [0.05, 0.1) is 12.7 Å². The summed E-state index contributed by atoms with van der Waals surface area (Å²) in [4.78, 5) is 4.36. The summed E-state index contributed by atoms with van der Waals surface area (Å²) in [6, 6.07) is 0.932. The molecule has 1 rings (SSSR count). The van der Waals surface area contributed by atoms with Gasteiger partial charge in [-0.3, -0.25) is 0 Å². The molecule has 0 aliphatic carbocycles. The van der Waals surface area contributed by atoms with E-state index in [1.54, 1.807) is 0 Å². The average Bonchev–Trinajstić information content (AvgIpc) is 2.43. The number of imidazole rings is 1. The number of halogens is 1. The molecule has 1 aromatic rings. The summed E-state index contributed by atoms with van der Waals surface area (Å²) >= 11 is 3.50. The topological polar surface area (TPSA) is 29.9 Å². The third kappa shape index (κ3) is 2.82. The van der Waals surface area contributed by atoms with Crippen LogP contribution in [-0.4, -0.2) is 15.6 Å². The van der Waals surface area contributed by atoms with Crippen LogP contribution >= 0.6 is 15.9 Å². The van der Waals surface area contributed by atoms with Crippen molar-refractivity contribution in [1.29, 1.82) is 0 Å². The maximum atomic E-state index is 4.36. The zero-order chi connectivity index (χ0) is 10.7. The normalized spacial score (nSPS) is 11.6. The molecule has 1 N–H and O–H groups in total. The lowest BCUT2D eigenvalue weighted by atomic mass is 10.3. The van der Waals surface area contributed by atoms with Crippen LogP contribution in [0.25, 0.3) is 0 Å². The molecule has 14 heavy (non-hydrogen) atoms. The van der Waals surface area contributed by atoms with Crippen LogP contribution in [0.15, 0.2) is 10.8 Å². The maximum absolute atomic E-state index is 4.36. The van der Waals surface area contributed by atoms with Crippen LogP contribution < -0.4 is 5.32 Å². The van der Waals surface area contributed by atoms with E-state index in [0.717, 1.165) is 17.0 Å². The Morgan fingerprint density at radius 3 is 2.57 bits per heavy atom. The molecule has 0 amide bonds. The Kier molecular flexibility index (Phi) is 4.13. The SMILES string of the molecule is CC(C)NCc1ncc(Br)n1C(C)C. The number of nitrogens with zero attached hydrogens (tertiary/aromatic N) is 2. The summed E-state index contributed by atoms with van der Waals surface area (Å²) in [5, 5.41) is 3.37. The van der Waals surface area contributed by atoms with Gasteiger partial charge in [0.1, 0.15) is 10.4 Å². The van der Waals surface area contributed by atoms with Gasteiger partial charge in [-0.2, -0.15) is 0 Å². The fourth-order valence-electron chi connectivity index (χ4n) is 1.35. The van der Waals surface area contributed by atoms with Gasteiger partial charge in [0.15, 0.2) is 0 Å². The largest absolute Gasteiger partial charge is 0.319 e. The van der Waals surface area contributed by atoms with Gasteiger partial charge in [-0.15, -0.1) is 0 Å². The lowest BCUT2D eigenvalue weighted by Crippen LogP contribution is -2.24. The van der Waals surface area contributed by atoms with Gasteiger partial charge in [-0.1, -0.05) is 13.8 Å². The first-order chi connectivity index (χ1) is 6.52. The van der Waals surface area contributed by atoms with Crippen LogP contribution in [0.4, 0.5) is 0 Å². The van der Waals surface area contributed by atoms with E-state index in [-0.39, 0.29) is 0 Å². The number of hydrogen-bond donors (Lipinski definition) is 1. The van der Waals surface area contributed by atoms with Gasteiger partial charge in [0, 0.05) is 12.1 Å². The van der Waals surface area contributed by atoms with E-state index in [1.807, 2.05) is 6.20 Å². The molecule has 1 heterocycles. The number of nitrogens with one attached hydrogen (secondary N) is 1. The summed E-state index contributed by atoms with van der Waals surface area (Å²) in [5.74, 6) is 1.08. The van der Waals surface area contributed by atoms with Crippen LogP contribution in [-0.2, 0) is 6.54 Å². The molecule has 0 fully saturated rings. The molecular formula is C10H18BrN3. The quantitative estimate of drug-likeness (QED) is 0.902. The molecule has 0 radical (unpaired) electrons. The summed E-state index contributed by atoms with van der Waals surface area (Å²) in [6.07, 6.45) is 1.86. The van der Waals surface area contributed by atoms with E-state index in [1.165, 1.54) is 0 Å². The Hall–Kier alpha value is -0.350. The Morgan fingerprint density at radius 1 is 1.43 bits per heavy atom. The fraction of sp³-hybridized carbons (Fsp3) is 0.700. The Labute approximate surface area is 94.0 Å². The molecule has 0 aliphatic heterocycles. The minimum absolute atomic E-state index is 0.441. The molecule has 0 atom stereocenters. The van der Waals surface area contributed by atoms with E-state index in [9.17, 15) is 0 Å². The molecule has 0 spiro atoms. The molecule has 0 saturated heterocycles. The standard InChI is InChI=1S/C10H18BrN3/c1-7(2)12-6-10-13-5-9(11)14(10)8(3)4/h5,7-8,12H,6H2,1-4H3. The average molecular weight is 260 g/mol. The molecule has 0 aromatic carbocycles. The van der Waals surface area contributed by atoms with E-state index in [2.05, 4.69) is 58.5 Å². The van der Waals surface area contributed by atoms with E-state index >= 15 is 0 Å². The zero-order valence-electron chi connectivity index (χ0n) is 9.21. The molecule has 4 heteroatoms. The molecule has 3 nitrogen and oxygen atoms in total. The van der Waals surface area contributed by atoms with Crippen molar-refractivity contribution in [3.63, 3.8) is 0 Å². The Bertz CT molecular complexity index is 292. The molecule has 0 saturated carbocycles. The van der Waals surface area contributed by atoms with Crippen LogP contribution in [0, 0.1) is 0 Å². The van der Waals surface area contributed by atoms with Crippen LogP contribution in [0.5, 0.6) is 0 Å². The predicted octanol–water partition coefficient (Wildman–Crippen LogP) is 2.72. The number of aromatic nitrogens is 2. The number of hydrogen-bond acceptors (Lipinski definition) is 2. The summed E-state index contributed by atoms with van der Waals surface area (Å²) in [6.45, 7) is 9.41. The minimum Gasteiger partial charge on any atom is -0.319 e. The van der Waals surface area contributed by atoms with Gasteiger partial charge in [-0.25, -0.2) is 4.98 Å². The van der Waals surface area contributed by atoms with Crippen LogP contribution in [0.3, 0.4) is 0 Å². The van der Waals surface area contributed by atoms with Crippen molar-refractivity contribution in [3.8, 4) is 0 Å². The first-order valence-corrected chi connectivity index (χ1v) is 5.76. The highest BCUT2D eigenvalue weighted by Crippen LogP contribution is 2.18. The van der Waals surface area contributed by atoms with Gasteiger partial charge in [0.25, 0.3) is 0 Å². The third-order valence-corrected chi connectivity index (χ3v) is 2.60. The molecular weight excluding hydrogens is 242 g/mol. The van der Waals surface area contributed by atoms with Crippen molar-refractivity contribution in [2.45, 2.75) is 46.3 Å². The van der Waals surface area contributed by atoms with E-state index in [4.69, 9.17) is 0 Å². The Morgan fingerprint density at radius 2 is 2.07 bits per heavy atom. The lowest BCUT2D eigenvalue weighted by molar-refractivity contribution is 0.510. The zero-order valence-corrected chi connectivity index (χ0v) is 10.8. The highest BCUT2D eigenvalue weighted by atomic mass is 79.9. The van der Waals surface area contributed by atoms with Crippen molar-refractivity contribution in [2.24, 2.45) is 0 Å². The molecule has 0 unspecified atom stereocenters. The first-order valence-electron chi connectivity index (χ1n) is 4.97. The van der Waals surface area contributed by atoms with Crippen molar-refractivity contribution in [3.05, 3.63) is 16.6 Å². The second-order valence-electron chi connectivity index (χ2n) is 4.00. The fourth-order valence-corrected chi connectivity index (χ4v) is 2.06. The highest BCUT2D eigenvalue weighted by molar-refractivity contribution is 9.10. The Balaban J connectivity index is 2.76. The van der Waals surface area contributed by atoms with Crippen molar-refractivity contribution >= 4 is 15.9 Å². The molecule has 0 bridgehead atoms. The third-order valence-electron chi connectivity index (χ3n) is 2.01. The second kappa shape index (κ2) is 4.94. The predicted molar refractivity (Wildman–Crippen MR) is 62.3 cm³/mol. The highest BCUT2D eigenvalue weighted by Gasteiger charge is 2.10. The summed E-state index contributed by atoms with van der Waals surface area (Å²) in [7, 11) is 0. The van der Waals surface area contributed by atoms with Crippen molar-refractivity contribution < 1.29 is 0 Å². The molecule has 0 aliphatic rings. The summed E-state index contributed by atoms with van der Waals surface area (Å²) in [5.41, 5.74) is 0. The molecule has 80 valence electrons. The van der Waals surface area contributed by atoms with E-state index < -0.39 is 0 Å². The summed E-state index contributed by atoms with van der Waals surface area (Å²) < 4.78 is 3.24. The number of rotatable bonds is 4. The lowest BCUT2D eigenvalue weighted by Gasteiger charge is -2.14. The minimum atomic E-state index is 0.441. The van der Waals surface area contributed by atoms with E-state index in [0.29, 0.717) is 12.1 Å².